The van der Waals surface area contributed by atoms with Crippen LogP contribution in [0.15, 0.2) is 60.7 Å². The van der Waals surface area contributed by atoms with Gasteiger partial charge in [-0.05, 0) is 68.8 Å². The number of pyridine rings is 1. The number of fused-ring (bicyclic) bond motifs is 2. The summed E-state index contributed by atoms with van der Waals surface area (Å²) in [5.74, 6) is 1.29. The van der Waals surface area contributed by atoms with Crippen LogP contribution in [0, 0.1) is 6.92 Å². The topological polar surface area (TPSA) is 86.6 Å². The third-order valence-electron chi connectivity index (χ3n) is 5.88. The Labute approximate surface area is 201 Å². The zero-order chi connectivity index (χ0) is 24.1. The quantitative estimate of drug-likeness (QED) is 0.278. The summed E-state index contributed by atoms with van der Waals surface area (Å²) in [6.45, 7) is 7.92. The van der Waals surface area contributed by atoms with E-state index in [9.17, 15) is 0 Å². The predicted octanol–water partition coefficient (Wildman–Crippen LogP) is 6.09. The summed E-state index contributed by atoms with van der Waals surface area (Å²) in [5, 5.41) is 1.19. The number of hydrogen-bond donors (Lipinski definition) is 3. The molecule has 0 aliphatic heterocycles. The van der Waals surface area contributed by atoms with Crippen molar-refractivity contribution in [2.75, 3.05) is 19.3 Å². The lowest BCUT2D eigenvalue weighted by Gasteiger charge is -2.16. The summed E-state index contributed by atoms with van der Waals surface area (Å²) in [5.41, 5.74) is 13.4. The standard InChI is InChI=1S/C26H28N6.C2H6/c1-17-28-25-21(15-24(27)31-26(25)29-17)23-14-20-13-19(10-11-22(20)30-23)16-32(2)12-6-9-18-7-4-3-5-8-18;1-2/h3-5,7-8,10-11,13-15,30H,6,9,12,16H2,1-2H3,(H3,27,28,29,31);1-2H3. The van der Waals surface area contributed by atoms with Crippen LogP contribution in [0.25, 0.3) is 33.3 Å². The molecule has 0 aliphatic rings. The molecule has 0 aliphatic carbocycles. The summed E-state index contributed by atoms with van der Waals surface area (Å²) < 4.78 is 0. The van der Waals surface area contributed by atoms with Gasteiger partial charge in [0.15, 0.2) is 5.65 Å². The van der Waals surface area contributed by atoms with Crippen molar-refractivity contribution in [1.82, 2.24) is 24.8 Å². The van der Waals surface area contributed by atoms with Crippen molar-refractivity contribution in [2.24, 2.45) is 0 Å². The number of nitrogens with one attached hydrogen (secondary N) is 2. The number of aromatic amines is 2. The Morgan fingerprint density at radius 2 is 1.71 bits per heavy atom. The Morgan fingerprint density at radius 1 is 0.912 bits per heavy atom. The smallest absolute Gasteiger partial charge is 0.180 e. The highest BCUT2D eigenvalue weighted by Crippen LogP contribution is 2.30. The van der Waals surface area contributed by atoms with Gasteiger partial charge in [-0.2, -0.15) is 0 Å². The van der Waals surface area contributed by atoms with Crippen molar-refractivity contribution >= 4 is 27.9 Å². The van der Waals surface area contributed by atoms with Gasteiger partial charge < -0.3 is 20.6 Å². The summed E-state index contributed by atoms with van der Waals surface area (Å²) in [4.78, 5) is 18.0. The fraction of sp³-hybridized carbons (Fsp3) is 0.286. The van der Waals surface area contributed by atoms with E-state index in [0.717, 1.165) is 54.0 Å². The minimum absolute atomic E-state index is 0.468. The van der Waals surface area contributed by atoms with Crippen LogP contribution >= 0.6 is 0 Å². The second kappa shape index (κ2) is 10.5. The Kier molecular flexibility index (Phi) is 7.28. The molecular weight excluding hydrogens is 420 g/mol. The molecule has 6 heteroatoms. The van der Waals surface area contributed by atoms with Gasteiger partial charge in [0.25, 0.3) is 0 Å². The first-order chi connectivity index (χ1) is 16.5. The molecule has 2 aromatic carbocycles. The first-order valence-electron chi connectivity index (χ1n) is 12.0. The highest BCUT2D eigenvalue weighted by molar-refractivity contribution is 5.95. The Bertz CT molecular complexity index is 1370. The Hall–Kier alpha value is -3.64. The first-order valence-corrected chi connectivity index (χ1v) is 12.0. The van der Waals surface area contributed by atoms with Gasteiger partial charge in [-0.25, -0.2) is 9.97 Å². The van der Waals surface area contributed by atoms with Crippen LogP contribution in [0.2, 0.25) is 0 Å². The van der Waals surface area contributed by atoms with Gasteiger partial charge in [0, 0.05) is 28.7 Å². The number of benzene rings is 2. The molecule has 176 valence electrons. The maximum Gasteiger partial charge on any atom is 0.180 e. The molecule has 6 nitrogen and oxygen atoms in total. The number of H-pyrrole nitrogens is 2. The average molecular weight is 455 g/mol. The van der Waals surface area contributed by atoms with E-state index in [4.69, 9.17) is 5.73 Å². The summed E-state index contributed by atoms with van der Waals surface area (Å²) >= 11 is 0. The lowest BCUT2D eigenvalue weighted by Crippen LogP contribution is -2.19. The van der Waals surface area contributed by atoms with Gasteiger partial charge in [0.2, 0.25) is 0 Å². The first kappa shape index (κ1) is 23.5. The average Bonchev–Trinajstić information content (AvgIpc) is 3.42. The van der Waals surface area contributed by atoms with Gasteiger partial charge in [-0.15, -0.1) is 0 Å². The van der Waals surface area contributed by atoms with Crippen LogP contribution < -0.4 is 5.73 Å². The van der Waals surface area contributed by atoms with Crippen LogP contribution in [0.5, 0.6) is 0 Å². The summed E-state index contributed by atoms with van der Waals surface area (Å²) in [7, 11) is 2.19. The monoisotopic (exact) mass is 454 g/mol. The van der Waals surface area contributed by atoms with Crippen LogP contribution in [0.1, 0.15) is 37.2 Å². The zero-order valence-corrected chi connectivity index (χ0v) is 20.5. The minimum atomic E-state index is 0.468. The maximum atomic E-state index is 6.04. The molecule has 0 spiro atoms. The van der Waals surface area contributed by atoms with Crippen LogP contribution in [0.4, 0.5) is 5.82 Å². The fourth-order valence-corrected chi connectivity index (χ4v) is 4.35. The van der Waals surface area contributed by atoms with Gasteiger partial charge in [0.1, 0.15) is 11.6 Å². The van der Waals surface area contributed by atoms with E-state index in [-0.39, 0.29) is 0 Å². The highest BCUT2D eigenvalue weighted by atomic mass is 15.1. The molecule has 0 saturated carbocycles. The molecule has 0 atom stereocenters. The van der Waals surface area contributed by atoms with Gasteiger partial charge in [-0.3, -0.25) is 0 Å². The van der Waals surface area contributed by atoms with Crippen LogP contribution in [-0.2, 0) is 13.0 Å². The molecule has 3 aromatic heterocycles. The Morgan fingerprint density at radius 3 is 2.50 bits per heavy atom. The normalized spacial score (nSPS) is 11.2. The van der Waals surface area contributed by atoms with E-state index < -0.39 is 0 Å². The Balaban J connectivity index is 0.00000133. The molecule has 0 radical (unpaired) electrons. The van der Waals surface area contributed by atoms with E-state index >= 15 is 0 Å². The third kappa shape index (κ3) is 5.29. The van der Waals surface area contributed by atoms with Gasteiger partial charge >= 0.3 is 0 Å². The number of nitrogen functional groups attached to an aromatic ring is 1. The SMILES string of the molecule is CC.Cc1nc2nc(N)cc(-c3cc4cc(CN(C)CCCc5ccccc5)ccc4[nH]3)c2[nH]1. The van der Waals surface area contributed by atoms with Crippen molar-refractivity contribution in [1.29, 1.82) is 0 Å². The molecule has 5 rings (SSSR count). The molecule has 5 aromatic rings. The number of rotatable bonds is 7. The fourth-order valence-electron chi connectivity index (χ4n) is 4.35. The van der Waals surface area contributed by atoms with Crippen molar-refractivity contribution in [3.8, 4) is 11.3 Å². The maximum absolute atomic E-state index is 6.04. The molecule has 0 unspecified atom stereocenters. The van der Waals surface area contributed by atoms with E-state index in [1.54, 1.807) is 0 Å². The second-order valence-electron chi connectivity index (χ2n) is 8.55. The van der Waals surface area contributed by atoms with Crippen LogP contribution in [-0.4, -0.2) is 38.4 Å². The van der Waals surface area contributed by atoms with E-state index in [1.807, 2.05) is 26.8 Å². The number of aromatic nitrogens is 4. The van der Waals surface area contributed by atoms with Crippen molar-refractivity contribution < 1.29 is 0 Å². The van der Waals surface area contributed by atoms with Crippen molar-refractivity contribution in [3.63, 3.8) is 0 Å². The number of aryl methyl sites for hydroxylation is 2. The summed E-state index contributed by atoms with van der Waals surface area (Å²) in [6, 6.07) is 21.4. The molecule has 0 saturated heterocycles. The zero-order valence-electron chi connectivity index (χ0n) is 20.5. The lowest BCUT2D eigenvalue weighted by molar-refractivity contribution is 0.322. The highest BCUT2D eigenvalue weighted by Gasteiger charge is 2.13. The van der Waals surface area contributed by atoms with Crippen LogP contribution in [0.3, 0.4) is 0 Å². The summed E-state index contributed by atoms with van der Waals surface area (Å²) in [6.07, 6.45) is 2.27. The van der Waals surface area contributed by atoms with Crippen molar-refractivity contribution in [3.05, 3.63) is 77.6 Å². The second-order valence-corrected chi connectivity index (χ2v) is 8.55. The molecule has 0 amide bonds. The number of nitrogens with zero attached hydrogens (tertiary/aromatic N) is 3. The number of imidazole rings is 1. The molecule has 0 fully saturated rings. The molecule has 0 bridgehead atoms. The van der Waals surface area contributed by atoms with Gasteiger partial charge in [0.05, 0.1) is 5.52 Å². The minimum Gasteiger partial charge on any atom is -0.384 e. The molecular formula is C28H34N6. The molecule has 4 N–H and O–H groups in total. The number of anilines is 1. The van der Waals surface area contributed by atoms with E-state index in [2.05, 4.69) is 86.5 Å². The number of nitrogens with two attached hydrogens (primary N) is 1. The third-order valence-corrected chi connectivity index (χ3v) is 5.88. The van der Waals surface area contributed by atoms with Crippen molar-refractivity contribution in [2.45, 2.75) is 40.2 Å². The number of hydrogen-bond acceptors (Lipinski definition) is 4. The lowest BCUT2D eigenvalue weighted by atomic mass is 10.1. The molecule has 34 heavy (non-hydrogen) atoms. The predicted molar refractivity (Wildman–Crippen MR) is 143 cm³/mol. The largest absolute Gasteiger partial charge is 0.384 e. The van der Waals surface area contributed by atoms with Gasteiger partial charge in [-0.1, -0.05) is 50.2 Å². The van der Waals surface area contributed by atoms with E-state index in [1.165, 1.54) is 16.5 Å². The molecule has 3 heterocycles. The van der Waals surface area contributed by atoms with E-state index in [0.29, 0.717) is 11.5 Å².